The summed E-state index contributed by atoms with van der Waals surface area (Å²) in [5.41, 5.74) is 14.8. The highest BCUT2D eigenvalue weighted by atomic mass is 16.5. The molecule has 6 aliphatic carbocycles. The molecule has 9 aromatic rings. The Bertz CT molecular complexity index is 3380. The predicted octanol–water partition coefficient (Wildman–Crippen LogP) is 14.2. The molecule has 0 radical (unpaired) electrons. The molecule has 5 fully saturated rings. The van der Waals surface area contributed by atoms with Crippen molar-refractivity contribution in [2.45, 2.75) is 42.9 Å². The van der Waals surface area contributed by atoms with Crippen LogP contribution in [0.25, 0.3) is 67.2 Å². The lowest BCUT2D eigenvalue weighted by Crippen LogP contribution is -2.38. The Labute approximate surface area is 372 Å². The van der Waals surface area contributed by atoms with Crippen LogP contribution in [-0.4, -0.2) is 15.0 Å². The Morgan fingerprint density at radius 1 is 0.453 bits per heavy atom. The molecule has 1 aromatic heterocycles. The minimum Gasteiger partial charge on any atom is -0.457 e. The van der Waals surface area contributed by atoms with Gasteiger partial charge in [-0.1, -0.05) is 170 Å². The van der Waals surface area contributed by atoms with E-state index in [1.807, 2.05) is 0 Å². The first-order valence-corrected chi connectivity index (χ1v) is 23.2. The van der Waals surface area contributed by atoms with Crippen molar-refractivity contribution in [2.75, 3.05) is 0 Å². The van der Waals surface area contributed by atoms with Crippen LogP contribution < -0.4 is 4.74 Å². The van der Waals surface area contributed by atoms with Crippen molar-refractivity contribution in [1.29, 1.82) is 0 Å². The van der Waals surface area contributed by atoms with Crippen molar-refractivity contribution in [2.24, 2.45) is 23.2 Å². The van der Waals surface area contributed by atoms with E-state index in [4.69, 9.17) is 19.7 Å². The third kappa shape index (κ3) is 4.50. The van der Waals surface area contributed by atoms with Gasteiger partial charge in [-0.05, 0) is 123 Å². The predicted molar refractivity (Wildman–Crippen MR) is 254 cm³/mol. The zero-order valence-corrected chi connectivity index (χ0v) is 35.3. The highest BCUT2D eigenvalue weighted by Gasteiger charge is 2.76. The lowest BCUT2D eigenvalue weighted by atomic mass is 9.59. The van der Waals surface area contributed by atoms with Crippen LogP contribution in [0.5, 0.6) is 11.5 Å². The second-order valence-corrected chi connectivity index (χ2v) is 19.7. The molecule has 2 heterocycles. The molecule has 16 rings (SSSR count). The average Bonchev–Trinajstić information content (AvgIpc) is 4.09. The maximum absolute atomic E-state index is 6.59. The van der Waals surface area contributed by atoms with Crippen LogP contribution in [0.4, 0.5) is 0 Å². The van der Waals surface area contributed by atoms with Crippen LogP contribution in [0.3, 0.4) is 0 Å². The number of benzene rings is 8. The van der Waals surface area contributed by atoms with Crippen molar-refractivity contribution >= 4 is 10.8 Å². The smallest absolute Gasteiger partial charge is 0.164 e. The number of hydrogen-bond donors (Lipinski definition) is 0. The molecule has 4 nitrogen and oxygen atoms in total. The van der Waals surface area contributed by atoms with E-state index in [-0.39, 0.29) is 0 Å². The summed E-state index contributed by atoms with van der Waals surface area (Å²) in [6.07, 6.45) is 7.15. The summed E-state index contributed by atoms with van der Waals surface area (Å²) in [5.74, 6) is 6.80. The van der Waals surface area contributed by atoms with E-state index >= 15 is 0 Å². The fourth-order valence-electron chi connectivity index (χ4n) is 14.6. The number of rotatable bonds is 5. The quantitative estimate of drug-likeness (QED) is 0.173. The summed E-state index contributed by atoms with van der Waals surface area (Å²) in [4.78, 5) is 15.8. The summed E-state index contributed by atoms with van der Waals surface area (Å²) in [6.45, 7) is 0. The Hall–Kier alpha value is -7.17. The molecule has 7 aliphatic rings. The molecule has 5 saturated carbocycles. The van der Waals surface area contributed by atoms with Gasteiger partial charge in [-0.25, -0.2) is 15.0 Å². The summed E-state index contributed by atoms with van der Waals surface area (Å²) in [5, 5.41) is 2.30. The molecule has 0 amide bonds. The van der Waals surface area contributed by atoms with Gasteiger partial charge in [-0.15, -0.1) is 0 Å². The third-order valence-corrected chi connectivity index (χ3v) is 17.0. The van der Waals surface area contributed by atoms with Crippen molar-refractivity contribution in [3.63, 3.8) is 0 Å². The Kier molecular flexibility index (Phi) is 6.90. The normalized spacial score (nSPS) is 24.2. The van der Waals surface area contributed by atoms with E-state index in [1.54, 1.807) is 0 Å². The molecule has 8 aromatic carbocycles. The summed E-state index contributed by atoms with van der Waals surface area (Å²) < 4.78 is 6.59. The van der Waals surface area contributed by atoms with Crippen LogP contribution in [0, 0.1) is 23.2 Å². The molecule has 1 aliphatic heterocycles. The summed E-state index contributed by atoms with van der Waals surface area (Å²) in [6, 6.07) is 66.0. The van der Waals surface area contributed by atoms with Gasteiger partial charge in [0.25, 0.3) is 0 Å². The largest absolute Gasteiger partial charge is 0.457 e. The molecule has 0 N–H and O–H groups in total. The van der Waals surface area contributed by atoms with Gasteiger partial charge in [0.2, 0.25) is 0 Å². The van der Waals surface area contributed by atoms with Crippen LogP contribution in [0.15, 0.2) is 182 Å². The van der Waals surface area contributed by atoms with Gasteiger partial charge in [0.15, 0.2) is 17.5 Å². The van der Waals surface area contributed by atoms with E-state index in [0.29, 0.717) is 28.3 Å². The van der Waals surface area contributed by atoms with Gasteiger partial charge in [0.05, 0.1) is 5.41 Å². The number of ether oxygens (including phenoxy) is 1. The lowest BCUT2D eigenvalue weighted by Gasteiger charge is -2.45. The summed E-state index contributed by atoms with van der Waals surface area (Å²) >= 11 is 0. The zero-order chi connectivity index (χ0) is 41.8. The van der Waals surface area contributed by atoms with Crippen LogP contribution >= 0.6 is 0 Å². The topological polar surface area (TPSA) is 47.9 Å². The zero-order valence-electron chi connectivity index (χ0n) is 35.3. The third-order valence-electron chi connectivity index (χ3n) is 17.0. The minimum atomic E-state index is -0.513. The number of nitrogens with zero attached hydrogens (tertiary/aromatic N) is 3. The minimum absolute atomic E-state index is 0.362. The lowest BCUT2D eigenvalue weighted by molar-refractivity contribution is 0.0381. The molecule has 3 unspecified atom stereocenters. The Morgan fingerprint density at radius 2 is 1.03 bits per heavy atom. The van der Waals surface area contributed by atoms with Crippen molar-refractivity contribution in [3.05, 3.63) is 210 Å². The monoisotopic (exact) mass is 821 g/mol. The Morgan fingerprint density at radius 3 is 1.78 bits per heavy atom. The van der Waals surface area contributed by atoms with Crippen LogP contribution in [0.1, 0.15) is 59.9 Å². The van der Waals surface area contributed by atoms with Gasteiger partial charge in [0, 0.05) is 27.8 Å². The van der Waals surface area contributed by atoms with Crippen molar-refractivity contribution < 1.29 is 4.74 Å². The molecule has 0 saturated heterocycles. The standard InChI is InChI=1S/C60H43N3O/c1-2-13-43-36(11-1)12-9-16-45(43)57-62-55(61-56(63-57)39-27-29-41(30-28-39)58-33-42-31-40-32-59(42,35-58)51(40)34-58)38-25-23-37(24-26-38)44-15-10-20-50-54(44)46-14-3-4-17-47(46)60(50)48-18-5-7-21-52(48)64-53-22-8-6-19-49(53)60/h1-30,40,42,51H,31-35H2/t40?,42-,51-,58?,59?/m0/s1. The van der Waals surface area contributed by atoms with E-state index < -0.39 is 5.41 Å². The molecule has 5 atom stereocenters. The van der Waals surface area contributed by atoms with Crippen LogP contribution in [0.2, 0.25) is 0 Å². The molecule has 304 valence electrons. The number of fused-ring (bicyclic) bond motifs is 11. The fourth-order valence-corrected chi connectivity index (χ4v) is 14.6. The maximum atomic E-state index is 6.59. The van der Waals surface area contributed by atoms with E-state index in [0.717, 1.165) is 56.9 Å². The van der Waals surface area contributed by atoms with Gasteiger partial charge < -0.3 is 4.74 Å². The highest BCUT2D eigenvalue weighted by molar-refractivity contribution is 5.97. The van der Waals surface area contributed by atoms with Gasteiger partial charge >= 0.3 is 0 Å². The first-order valence-electron chi connectivity index (χ1n) is 23.2. The first kappa shape index (κ1) is 35.3. The SMILES string of the molecule is c1ccc2c(c1)Oc1ccccc1C21c2ccccc2-c2c(-c3ccc(-c4nc(-c5ccc(C67C[C@@H]8CC9CC8(C6)[C@H]9C7)cc5)nc(-c5cccc6ccccc56)n4)cc3)cccc21. The molecular formula is C60H43N3O. The van der Waals surface area contributed by atoms with Crippen LogP contribution in [-0.2, 0) is 10.8 Å². The molecule has 3 bridgehead atoms. The number of aromatic nitrogens is 3. The average molecular weight is 822 g/mol. The highest BCUT2D eigenvalue weighted by Crippen LogP contribution is 2.83. The number of hydrogen-bond acceptors (Lipinski definition) is 4. The van der Waals surface area contributed by atoms with Gasteiger partial charge in [0.1, 0.15) is 11.5 Å². The van der Waals surface area contributed by atoms with E-state index in [2.05, 4.69) is 182 Å². The Balaban J connectivity index is 0.852. The van der Waals surface area contributed by atoms with E-state index in [9.17, 15) is 0 Å². The summed E-state index contributed by atoms with van der Waals surface area (Å²) in [7, 11) is 0. The van der Waals surface area contributed by atoms with Crippen molar-refractivity contribution in [1.82, 2.24) is 15.0 Å². The second kappa shape index (κ2) is 12.5. The fraction of sp³-hybridized carbons (Fsp3) is 0.183. The molecule has 2 spiro atoms. The second-order valence-electron chi connectivity index (χ2n) is 19.7. The molecule has 4 heteroatoms. The molecule has 64 heavy (non-hydrogen) atoms. The first-order chi connectivity index (χ1) is 31.6. The van der Waals surface area contributed by atoms with Gasteiger partial charge in [-0.2, -0.15) is 0 Å². The molecular weight excluding hydrogens is 779 g/mol. The number of para-hydroxylation sites is 2. The van der Waals surface area contributed by atoms with Crippen molar-refractivity contribution in [3.8, 4) is 67.9 Å². The maximum Gasteiger partial charge on any atom is 0.164 e. The van der Waals surface area contributed by atoms with Gasteiger partial charge in [-0.3, -0.25) is 0 Å². The van der Waals surface area contributed by atoms with E-state index in [1.165, 1.54) is 82.0 Å².